The zero-order chi connectivity index (χ0) is 13.1. The maximum absolute atomic E-state index is 12.1. The molecule has 0 aromatic heterocycles. The first-order chi connectivity index (χ1) is 8.63. The van der Waals surface area contributed by atoms with Crippen molar-refractivity contribution in [1.82, 2.24) is 4.90 Å². The third-order valence-electron chi connectivity index (χ3n) is 2.94. The van der Waals surface area contributed by atoms with Crippen molar-refractivity contribution < 1.29 is 9.59 Å². The van der Waals surface area contributed by atoms with Crippen LogP contribution >= 0.6 is 12.6 Å². The van der Waals surface area contributed by atoms with Gasteiger partial charge in [0.15, 0.2) is 0 Å². The van der Waals surface area contributed by atoms with Crippen LogP contribution in [-0.4, -0.2) is 35.7 Å². The summed E-state index contributed by atoms with van der Waals surface area (Å²) >= 11 is 4.09. The number of imide groups is 1. The summed E-state index contributed by atoms with van der Waals surface area (Å²) in [7, 11) is 0. The first-order valence-corrected chi connectivity index (χ1v) is 6.56. The molecular formula is C13H16N2O2S. The first-order valence-electron chi connectivity index (χ1n) is 5.93. The molecular weight excluding hydrogens is 248 g/mol. The number of benzene rings is 1. The second kappa shape index (κ2) is 5.44. The fourth-order valence-electron chi connectivity index (χ4n) is 1.92. The molecule has 96 valence electrons. The van der Waals surface area contributed by atoms with Crippen molar-refractivity contribution in [3.8, 4) is 0 Å². The Balaban J connectivity index is 2.14. The van der Waals surface area contributed by atoms with Crippen molar-refractivity contribution in [3.05, 3.63) is 29.8 Å². The molecule has 2 rings (SSSR count). The van der Waals surface area contributed by atoms with Crippen LogP contribution in [0.4, 0.5) is 10.5 Å². The van der Waals surface area contributed by atoms with Crippen molar-refractivity contribution in [2.75, 3.05) is 23.7 Å². The third kappa shape index (κ3) is 2.51. The van der Waals surface area contributed by atoms with E-state index in [1.807, 2.05) is 31.2 Å². The summed E-state index contributed by atoms with van der Waals surface area (Å²) in [6, 6.07) is 7.36. The van der Waals surface area contributed by atoms with Crippen LogP contribution in [-0.2, 0) is 4.79 Å². The van der Waals surface area contributed by atoms with Crippen molar-refractivity contribution in [2.45, 2.75) is 13.3 Å². The molecule has 0 atom stereocenters. The number of carbonyl (C=O) groups excluding carboxylic acids is 2. The number of anilines is 1. The molecule has 0 unspecified atom stereocenters. The third-order valence-corrected chi connectivity index (χ3v) is 3.26. The normalized spacial score (nSPS) is 15.7. The van der Waals surface area contributed by atoms with Crippen molar-refractivity contribution >= 4 is 30.3 Å². The van der Waals surface area contributed by atoms with Gasteiger partial charge in [-0.05, 0) is 31.2 Å². The standard InChI is InChI=1S/C13H16N2O2S/c1-10-3-5-11(6-4-10)15-9-12(16)14(13(15)17)7-2-8-18/h3-6,18H,2,7-9H2,1H3. The molecule has 0 radical (unpaired) electrons. The molecule has 4 nitrogen and oxygen atoms in total. The molecule has 0 saturated carbocycles. The van der Waals surface area contributed by atoms with Crippen LogP contribution in [0, 0.1) is 6.92 Å². The fraction of sp³-hybridized carbons (Fsp3) is 0.385. The number of carbonyl (C=O) groups is 2. The number of nitrogens with zero attached hydrogens (tertiary/aromatic N) is 2. The Bertz CT molecular complexity index is 459. The summed E-state index contributed by atoms with van der Waals surface area (Å²) in [5.41, 5.74) is 1.90. The average molecular weight is 264 g/mol. The molecule has 0 bridgehead atoms. The van der Waals surface area contributed by atoms with E-state index in [2.05, 4.69) is 12.6 Å². The number of hydrogen-bond acceptors (Lipinski definition) is 3. The van der Waals surface area contributed by atoms with Gasteiger partial charge in [0.1, 0.15) is 6.54 Å². The monoisotopic (exact) mass is 264 g/mol. The van der Waals surface area contributed by atoms with E-state index in [1.54, 1.807) is 0 Å². The number of thiol groups is 1. The van der Waals surface area contributed by atoms with Gasteiger partial charge >= 0.3 is 6.03 Å². The Kier molecular flexibility index (Phi) is 3.91. The Morgan fingerprint density at radius 1 is 1.22 bits per heavy atom. The van der Waals surface area contributed by atoms with Crippen molar-refractivity contribution in [2.24, 2.45) is 0 Å². The minimum absolute atomic E-state index is 0.133. The summed E-state index contributed by atoms with van der Waals surface area (Å²) in [5.74, 6) is 0.532. The molecule has 0 N–H and O–H groups in total. The molecule has 1 fully saturated rings. The van der Waals surface area contributed by atoms with Crippen LogP contribution in [0.3, 0.4) is 0 Å². The molecule has 5 heteroatoms. The van der Waals surface area contributed by atoms with Gasteiger partial charge in [-0.2, -0.15) is 12.6 Å². The average Bonchev–Trinajstić information content (AvgIpc) is 2.64. The maximum atomic E-state index is 12.1. The van der Waals surface area contributed by atoms with Crippen LogP contribution in [0.5, 0.6) is 0 Å². The van der Waals surface area contributed by atoms with E-state index in [0.717, 1.165) is 17.7 Å². The summed E-state index contributed by atoms with van der Waals surface area (Å²) in [5, 5.41) is 0. The smallest absolute Gasteiger partial charge is 0.285 e. The van der Waals surface area contributed by atoms with E-state index >= 15 is 0 Å². The van der Waals surface area contributed by atoms with Gasteiger partial charge in [0.25, 0.3) is 5.91 Å². The fourth-order valence-corrected chi connectivity index (χ4v) is 2.06. The Labute approximate surface area is 112 Å². The number of amides is 3. The number of urea groups is 1. The lowest BCUT2D eigenvalue weighted by atomic mass is 10.2. The summed E-state index contributed by atoms with van der Waals surface area (Å²) in [6.45, 7) is 2.57. The Hall–Kier alpha value is -1.49. The van der Waals surface area contributed by atoms with Crippen LogP contribution in [0.1, 0.15) is 12.0 Å². The van der Waals surface area contributed by atoms with Gasteiger partial charge in [-0.25, -0.2) is 4.79 Å². The van der Waals surface area contributed by atoms with E-state index in [-0.39, 0.29) is 18.5 Å². The number of rotatable bonds is 4. The SMILES string of the molecule is Cc1ccc(N2CC(=O)N(CCCS)C2=O)cc1. The van der Waals surface area contributed by atoms with Crippen LogP contribution in [0.15, 0.2) is 24.3 Å². The van der Waals surface area contributed by atoms with E-state index in [4.69, 9.17) is 0 Å². The first kappa shape index (κ1) is 13.0. The minimum atomic E-state index is -0.231. The highest BCUT2D eigenvalue weighted by Gasteiger charge is 2.36. The molecule has 3 amide bonds. The van der Waals surface area contributed by atoms with Crippen molar-refractivity contribution in [3.63, 3.8) is 0 Å². The molecule has 0 spiro atoms. The lowest BCUT2D eigenvalue weighted by Gasteiger charge is -2.16. The highest BCUT2D eigenvalue weighted by Crippen LogP contribution is 2.21. The predicted octanol–water partition coefficient (Wildman–Crippen LogP) is 2.08. The molecule has 1 heterocycles. The molecule has 1 aliphatic heterocycles. The van der Waals surface area contributed by atoms with Crippen LogP contribution in [0.2, 0.25) is 0 Å². The minimum Gasteiger partial charge on any atom is -0.285 e. The maximum Gasteiger partial charge on any atom is 0.331 e. The zero-order valence-electron chi connectivity index (χ0n) is 10.3. The van der Waals surface area contributed by atoms with Gasteiger partial charge in [0, 0.05) is 12.2 Å². The summed E-state index contributed by atoms with van der Waals surface area (Å²) in [6.07, 6.45) is 0.725. The Morgan fingerprint density at radius 3 is 2.50 bits per heavy atom. The summed E-state index contributed by atoms with van der Waals surface area (Å²) in [4.78, 5) is 26.7. The van der Waals surface area contributed by atoms with Gasteiger partial charge in [-0.1, -0.05) is 17.7 Å². The quantitative estimate of drug-likeness (QED) is 0.668. The lowest BCUT2D eigenvalue weighted by molar-refractivity contribution is -0.124. The van der Waals surface area contributed by atoms with Gasteiger partial charge in [-0.3, -0.25) is 14.6 Å². The molecule has 0 aliphatic carbocycles. The lowest BCUT2D eigenvalue weighted by Crippen LogP contribution is -2.34. The molecule has 1 aliphatic rings. The van der Waals surface area contributed by atoms with E-state index in [9.17, 15) is 9.59 Å². The highest BCUT2D eigenvalue weighted by atomic mass is 32.1. The molecule has 1 aromatic carbocycles. The van der Waals surface area contributed by atoms with E-state index < -0.39 is 0 Å². The number of aryl methyl sites for hydroxylation is 1. The second-order valence-electron chi connectivity index (χ2n) is 4.33. The van der Waals surface area contributed by atoms with Gasteiger partial charge in [0.2, 0.25) is 0 Å². The van der Waals surface area contributed by atoms with E-state index in [1.165, 1.54) is 9.80 Å². The number of hydrogen-bond donors (Lipinski definition) is 1. The van der Waals surface area contributed by atoms with Gasteiger partial charge in [0.05, 0.1) is 0 Å². The van der Waals surface area contributed by atoms with E-state index in [0.29, 0.717) is 12.3 Å². The van der Waals surface area contributed by atoms with Crippen molar-refractivity contribution in [1.29, 1.82) is 0 Å². The van der Waals surface area contributed by atoms with Crippen LogP contribution < -0.4 is 4.90 Å². The highest BCUT2D eigenvalue weighted by molar-refractivity contribution is 7.80. The topological polar surface area (TPSA) is 40.6 Å². The van der Waals surface area contributed by atoms with Crippen LogP contribution in [0.25, 0.3) is 0 Å². The molecule has 1 saturated heterocycles. The van der Waals surface area contributed by atoms with Gasteiger partial charge < -0.3 is 0 Å². The molecule has 18 heavy (non-hydrogen) atoms. The molecule has 1 aromatic rings. The summed E-state index contributed by atoms with van der Waals surface area (Å²) < 4.78 is 0. The predicted molar refractivity (Wildman–Crippen MR) is 74.1 cm³/mol. The second-order valence-corrected chi connectivity index (χ2v) is 4.77. The zero-order valence-corrected chi connectivity index (χ0v) is 11.2. The largest absolute Gasteiger partial charge is 0.331 e. The Morgan fingerprint density at radius 2 is 1.89 bits per heavy atom. The van der Waals surface area contributed by atoms with Gasteiger partial charge in [-0.15, -0.1) is 0 Å².